The van der Waals surface area contributed by atoms with Gasteiger partial charge in [-0.3, -0.25) is 9.59 Å². The van der Waals surface area contributed by atoms with Gasteiger partial charge in [-0.15, -0.1) is 0 Å². The van der Waals surface area contributed by atoms with Crippen LogP contribution in [-0.4, -0.2) is 44.3 Å². The molecule has 1 aliphatic heterocycles. The first-order valence-corrected chi connectivity index (χ1v) is 16.3. The van der Waals surface area contributed by atoms with Crippen LogP contribution in [0.25, 0.3) is 0 Å². The zero-order valence-electron chi connectivity index (χ0n) is 24.2. The molecular formula is C29H43FN4O3Si. The second kappa shape index (κ2) is 11.5. The van der Waals surface area contributed by atoms with Crippen LogP contribution in [-0.2, 0) is 9.22 Å². The quantitative estimate of drug-likeness (QED) is 0.306. The molecule has 1 aliphatic rings. The molecule has 38 heavy (non-hydrogen) atoms. The molecule has 1 aromatic carbocycles. The van der Waals surface area contributed by atoms with Gasteiger partial charge in [0.2, 0.25) is 5.91 Å². The van der Waals surface area contributed by atoms with Crippen LogP contribution >= 0.6 is 0 Å². The number of nitrogens with zero attached hydrogens (tertiary/aromatic N) is 2. The molecule has 2 N–H and O–H groups in total. The van der Waals surface area contributed by atoms with Crippen molar-refractivity contribution in [3.63, 3.8) is 0 Å². The number of halogens is 1. The SMILES string of the molecule is CC[C@H]1[C@H](C)[C@@H](Nc2ccc(F)c(C)n2)c2cc(C(=O)NCCO[Si](C)(C)C(C)(C)C)ccc2N1C(C)=O. The van der Waals surface area contributed by atoms with Crippen molar-refractivity contribution >= 4 is 31.6 Å². The summed E-state index contributed by atoms with van der Waals surface area (Å²) in [6.07, 6.45) is 0.769. The number of carbonyl (C=O) groups excluding carboxylic acids is 2. The highest BCUT2D eigenvalue weighted by Crippen LogP contribution is 2.44. The van der Waals surface area contributed by atoms with Crippen LogP contribution in [0.1, 0.15) is 75.6 Å². The molecule has 0 radical (unpaired) electrons. The van der Waals surface area contributed by atoms with Crippen LogP contribution in [0, 0.1) is 18.7 Å². The van der Waals surface area contributed by atoms with Gasteiger partial charge in [0.05, 0.1) is 18.3 Å². The average Bonchev–Trinajstić information content (AvgIpc) is 2.83. The standard InChI is InChI=1S/C29H43FN4O3Si/c1-10-24-18(2)27(33-26-14-12-23(30)19(3)32-26)22-17-21(11-13-25(22)34(24)20(4)35)28(36)31-15-16-37-38(8,9)29(5,6)7/h11-14,17-18,24,27H,10,15-16H2,1-9H3,(H,31,36)(H,32,33)/t18-,24-,27+/m0/s1. The van der Waals surface area contributed by atoms with Crippen molar-refractivity contribution in [1.29, 1.82) is 0 Å². The van der Waals surface area contributed by atoms with Crippen LogP contribution in [0.2, 0.25) is 18.1 Å². The largest absolute Gasteiger partial charge is 0.415 e. The maximum atomic E-state index is 13.9. The van der Waals surface area contributed by atoms with Gasteiger partial charge in [0.25, 0.3) is 5.91 Å². The summed E-state index contributed by atoms with van der Waals surface area (Å²) in [4.78, 5) is 32.0. The van der Waals surface area contributed by atoms with Crippen molar-refractivity contribution < 1.29 is 18.4 Å². The van der Waals surface area contributed by atoms with Crippen LogP contribution < -0.4 is 15.5 Å². The van der Waals surface area contributed by atoms with Gasteiger partial charge < -0.3 is 20.0 Å². The highest BCUT2D eigenvalue weighted by molar-refractivity contribution is 6.74. The molecule has 0 spiro atoms. The van der Waals surface area contributed by atoms with E-state index in [1.807, 2.05) is 17.0 Å². The Hall–Kier alpha value is -2.78. The minimum Gasteiger partial charge on any atom is -0.415 e. The third-order valence-corrected chi connectivity index (χ3v) is 12.6. The number of aryl methyl sites for hydroxylation is 1. The van der Waals surface area contributed by atoms with E-state index in [1.165, 1.54) is 6.07 Å². The van der Waals surface area contributed by atoms with Crippen LogP contribution in [0.15, 0.2) is 30.3 Å². The number of fused-ring (bicyclic) bond motifs is 1. The first-order chi connectivity index (χ1) is 17.7. The molecule has 2 heterocycles. The molecule has 3 rings (SSSR count). The normalized spacial score (nSPS) is 19.6. The van der Waals surface area contributed by atoms with Crippen molar-refractivity contribution in [1.82, 2.24) is 10.3 Å². The lowest BCUT2D eigenvalue weighted by atomic mass is 9.80. The minimum atomic E-state index is -1.89. The van der Waals surface area contributed by atoms with Crippen molar-refractivity contribution in [2.75, 3.05) is 23.4 Å². The molecule has 0 aliphatic carbocycles. The predicted molar refractivity (Wildman–Crippen MR) is 154 cm³/mol. The lowest BCUT2D eigenvalue weighted by molar-refractivity contribution is -0.117. The number of benzene rings is 1. The molecule has 2 aromatic rings. The van der Waals surface area contributed by atoms with Gasteiger partial charge in [-0.25, -0.2) is 9.37 Å². The number of anilines is 2. The molecule has 2 amide bonds. The van der Waals surface area contributed by atoms with E-state index in [-0.39, 0.29) is 40.7 Å². The van der Waals surface area contributed by atoms with E-state index in [9.17, 15) is 14.0 Å². The zero-order chi connectivity index (χ0) is 28.4. The topological polar surface area (TPSA) is 83.6 Å². The summed E-state index contributed by atoms with van der Waals surface area (Å²) in [6.45, 7) is 19.2. The van der Waals surface area contributed by atoms with Crippen molar-refractivity contribution in [3.8, 4) is 0 Å². The summed E-state index contributed by atoms with van der Waals surface area (Å²) in [5, 5.41) is 6.54. The Morgan fingerprint density at radius 3 is 2.45 bits per heavy atom. The first kappa shape index (κ1) is 29.8. The number of carbonyl (C=O) groups is 2. The Bertz CT molecular complexity index is 1180. The van der Waals surface area contributed by atoms with E-state index < -0.39 is 8.32 Å². The van der Waals surface area contributed by atoms with E-state index in [0.29, 0.717) is 30.2 Å². The molecule has 9 heteroatoms. The Morgan fingerprint density at radius 1 is 1.18 bits per heavy atom. The van der Waals surface area contributed by atoms with Gasteiger partial charge in [-0.1, -0.05) is 34.6 Å². The van der Waals surface area contributed by atoms with Crippen molar-refractivity contribution in [2.45, 2.75) is 85.1 Å². The highest BCUT2D eigenvalue weighted by Gasteiger charge is 2.40. The second-order valence-electron chi connectivity index (χ2n) is 11.7. The summed E-state index contributed by atoms with van der Waals surface area (Å²) in [5.74, 6) is -0.0337. The molecule has 208 valence electrons. The first-order valence-electron chi connectivity index (χ1n) is 13.4. The fraction of sp³-hybridized carbons (Fsp3) is 0.552. The third kappa shape index (κ3) is 6.26. The van der Waals surface area contributed by atoms with E-state index in [4.69, 9.17) is 4.43 Å². The molecule has 0 saturated heterocycles. The van der Waals surface area contributed by atoms with Gasteiger partial charge in [0.15, 0.2) is 8.32 Å². The lowest BCUT2D eigenvalue weighted by Gasteiger charge is -2.45. The molecule has 0 fully saturated rings. The van der Waals surface area contributed by atoms with Crippen molar-refractivity contribution in [3.05, 3.63) is 53.0 Å². The fourth-order valence-corrected chi connectivity index (χ4v) is 5.87. The Labute approximate surface area is 227 Å². The maximum Gasteiger partial charge on any atom is 0.251 e. The van der Waals surface area contributed by atoms with Crippen LogP contribution in [0.5, 0.6) is 0 Å². The Balaban J connectivity index is 1.88. The molecule has 3 atom stereocenters. The smallest absolute Gasteiger partial charge is 0.251 e. The number of rotatable bonds is 8. The van der Waals surface area contributed by atoms with E-state index in [1.54, 1.807) is 26.0 Å². The fourth-order valence-electron chi connectivity index (χ4n) is 4.82. The number of nitrogens with one attached hydrogen (secondary N) is 2. The van der Waals surface area contributed by atoms with Crippen LogP contribution in [0.3, 0.4) is 0 Å². The summed E-state index contributed by atoms with van der Waals surface area (Å²) >= 11 is 0. The van der Waals surface area contributed by atoms with E-state index >= 15 is 0 Å². The number of hydrogen-bond acceptors (Lipinski definition) is 5. The Kier molecular flexibility index (Phi) is 9.03. The summed E-state index contributed by atoms with van der Waals surface area (Å²) in [7, 11) is -1.89. The second-order valence-corrected chi connectivity index (χ2v) is 16.6. The maximum absolute atomic E-state index is 13.9. The summed E-state index contributed by atoms with van der Waals surface area (Å²) < 4.78 is 20.0. The van der Waals surface area contributed by atoms with E-state index in [2.05, 4.69) is 63.3 Å². The molecular weight excluding hydrogens is 499 g/mol. The third-order valence-electron chi connectivity index (χ3n) is 8.09. The van der Waals surface area contributed by atoms with Crippen LogP contribution in [0.4, 0.5) is 15.9 Å². The van der Waals surface area contributed by atoms with Gasteiger partial charge >= 0.3 is 0 Å². The van der Waals surface area contributed by atoms with Gasteiger partial charge in [-0.05, 0) is 67.4 Å². The average molecular weight is 543 g/mol. The molecule has 0 unspecified atom stereocenters. The predicted octanol–water partition coefficient (Wildman–Crippen LogP) is 6.22. The summed E-state index contributed by atoms with van der Waals surface area (Å²) in [5.41, 5.74) is 2.43. The molecule has 0 saturated carbocycles. The van der Waals surface area contributed by atoms with Gasteiger partial charge in [0.1, 0.15) is 11.6 Å². The Morgan fingerprint density at radius 2 is 1.87 bits per heavy atom. The lowest BCUT2D eigenvalue weighted by Crippen LogP contribution is -2.49. The molecule has 1 aromatic heterocycles. The number of hydrogen-bond donors (Lipinski definition) is 2. The summed E-state index contributed by atoms with van der Waals surface area (Å²) in [6, 6.07) is 8.22. The molecule has 7 nitrogen and oxygen atoms in total. The number of pyridine rings is 1. The van der Waals surface area contributed by atoms with Crippen molar-refractivity contribution in [2.24, 2.45) is 5.92 Å². The zero-order valence-corrected chi connectivity index (χ0v) is 25.2. The number of amides is 2. The number of aromatic nitrogens is 1. The molecule has 0 bridgehead atoms. The van der Waals surface area contributed by atoms with Gasteiger partial charge in [-0.2, -0.15) is 0 Å². The minimum absolute atomic E-state index is 0.0138. The monoisotopic (exact) mass is 542 g/mol. The highest BCUT2D eigenvalue weighted by atomic mass is 28.4. The van der Waals surface area contributed by atoms with E-state index in [0.717, 1.165) is 17.7 Å². The van der Waals surface area contributed by atoms with Gasteiger partial charge in [0, 0.05) is 36.7 Å².